The Balaban J connectivity index is 1.74. The van der Waals surface area contributed by atoms with E-state index < -0.39 is 5.91 Å². The zero-order chi connectivity index (χ0) is 18.1. The minimum Gasteiger partial charge on any atom is -0.369 e. The van der Waals surface area contributed by atoms with Gasteiger partial charge < -0.3 is 15.8 Å². The molecule has 0 bridgehead atoms. The molecule has 0 radical (unpaired) electrons. The molecule has 0 saturated heterocycles. The summed E-state index contributed by atoms with van der Waals surface area (Å²) in [6, 6.07) is 6.83. The van der Waals surface area contributed by atoms with Crippen molar-refractivity contribution in [3.8, 4) is 0 Å². The average molecular weight is 342 g/mol. The number of primary amides is 1. The van der Waals surface area contributed by atoms with Crippen LogP contribution < -0.4 is 11.1 Å². The van der Waals surface area contributed by atoms with E-state index in [1.54, 1.807) is 28.9 Å². The minimum atomic E-state index is -0.471. The van der Waals surface area contributed by atoms with E-state index in [0.717, 1.165) is 16.8 Å². The lowest BCUT2D eigenvalue weighted by Crippen LogP contribution is -2.27. The monoisotopic (exact) mass is 342 g/mol. The van der Waals surface area contributed by atoms with Crippen LogP contribution in [0.5, 0.6) is 0 Å². The van der Waals surface area contributed by atoms with Crippen molar-refractivity contribution < 1.29 is 14.3 Å². The number of nitrogens with zero attached hydrogens (tertiary/aromatic N) is 2. The molecule has 0 unspecified atom stereocenters. The third-order valence-corrected chi connectivity index (χ3v) is 4.41. The van der Waals surface area contributed by atoms with Crippen molar-refractivity contribution in [1.29, 1.82) is 0 Å². The van der Waals surface area contributed by atoms with Crippen LogP contribution in [0, 0.1) is 0 Å². The van der Waals surface area contributed by atoms with Gasteiger partial charge in [0, 0.05) is 31.1 Å². The largest absolute Gasteiger partial charge is 0.369 e. The first-order valence-corrected chi connectivity index (χ1v) is 8.25. The van der Waals surface area contributed by atoms with E-state index in [4.69, 9.17) is 10.5 Å². The van der Waals surface area contributed by atoms with Crippen LogP contribution in [0.3, 0.4) is 0 Å². The number of aromatic nitrogens is 2. The molecule has 25 heavy (non-hydrogen) atoms. The molecule has 2 heterocycles. The molecule has 1 aliphatic heterocycles. The molecule has 0 saturated carbocycles. The van der Waals surface area contributed by atoms with Gasteiger partial charge in [-0.25, -0.2) is 0 Å². The van der Waals surface area contributed by atoms with Gasteiger partial charge >= 0.3 is 0 Å². The molecule has 2 amide bonds. The highest BCUT2D eigenvalue weighted by molar-refractivity contribution is 5.94. The predicted octanol–water partition coefficient (Wildman–Crippen LogP) is 1.47. The van der Waals surface area contributed by atoms with Gasteiger partial charge in [-0.1, -0.05) is 12.1 Å². The molecule has 3 N–H and O–H groups in total. The first-order chi connectivity index (χ1) is 11.9. The maximum Gasteiger partial charge on any atom is 0.272 e. The van der Waals surface area contributed by atoms with Gasteiger partial charge in [-0.05, 0) is 31.5 Å². The van der Waals surface area contributed by atoms with Crippen LogP contribution >= 0.6 is 0 Å². The van der Waals surface area contributed by atoms with Gasteiger partial charge in [-0.2, -0.15) is 5.10 Å². The number of nitrogens with one attached hydrogen (secondary N) is 1. The molecule has 0 fully saturated rings. The summed E-state index contributed by atoms with van der Waals surface area (Å²) in [5.41, 5.74) is 8.91. The van der Waals surface area contributed by atoms with E-state index in [-0.39, 0.29) is 18.1 Å². The fourth-order valence-electron chi connectivity index (χ4n) is 3.27. The van der Waals surface area contributed by atoms with Crippen LogP contribution in [0.4, 0.5) is 0 Å². The van der Waals surface area contributed by atoms with Crippen LogP contribution in [-0.4, -0.2) is 27.7 Å². The molecule has 1 aliphatic rings. The number of ether oxygens (including phenoxy) is 1. The Kier molecular flexibility index (Phi) is 4.59. The van der Waals surface area contributed by atoms with E-state index >= 15 is 0 Å². The summed E-state index contributed by atoms with van der Waals surface area (Å²) < 4.78 is 7.54. The van der Waals surface area contributed by atoms with E-state index in [1.165, 1.54) is 0 Å². The second kappa shape index (κ2) is 6.68. The molecule has 132 valence electrons. The molecule has 0 aliphatic carbocycles. The second-order valence-corrected chi connectivity index (χ2v) is 6.37. The van der Waals surface area contributed by atoms with E-state index in [9.17, 15) is 9.59 Å². The van der Waals surface area contributed by atoms with Crippen LogP contribution in [0.15, 0.2) is 24.3 Å². The number of amides is 2. The highest BCUT2D eigenvalue weighted by Gasteiger charge is 2.31. The van der Waals surface area contributed by atoms with Gasteiger partial charge in [0.05, 0.1) is 17.9 Å². The summed E-state index contributed by atoms with van der Waals surface area (Å²) in [5, 5.41) is 7.28. The molecule has 1 aromatic heterocycles. The summed E-state index contributed by atoms with van der Waals surface area (Å²) in [5.74, 6) is -0.682. The number of rotatable bonds is 4. The first kappa shape index (κ1) is 17.2. The molecular formula is C18H22N4O3. The number of hydrogen-bond donors (Lipinski definition) is 2. The number of nitrogens with two attached hydrogens (primary N) is 1. The number of hydrogen-bond acceptors (Lipinski definition) is 4. The maximum atomic E-state index is 12.6. The lowest BCUT2D eigenvalue weighted by atomic mass is 9.99. The molecule has 2 aromatic rings. The highest BCUT2D eigenvalue weighted by Crippen LogP contribution is 2.31. The van der Waals surface area contributed by atoms with Gasteiger partial charge in [0.25, 0.3) is 5.91 Å². The SMILES string of the molecule is C[C@@H]1Cc2c(C(=O)NCc3ccc(C(N)=O)cc3)nn(C)c2[C@H](C)O1. The van der Waals surface area contributed by atoms with Crippen LogP contribution in [0.2, 0.25) is 0 Å². The number of fused-ring (bicyclic) bond motifs is 1. The fourth-order valence-corrected chi connectivity index (χ4v) is 3.27. The summed E-state index contributed by atoms with van der Waals surface area (Å²) in [7, 11) is 1.83. The number of carbonyl (C=O) groups excluding carboxylic acids is 2. The zero-order valence-electron chi connectivity index (χ0n) is 14.6. The average Bonchev–Trinajstić information content (AvgIpc) is 2.89. The van der Waals surface area contributed by atoms with Crippen molar-refractivity contribution in [1.82, 2.24) is 15.1 Å². The lowest BCUT2D eigenvalue weighted by molar-refractivity contribution is -0.00903. The summed E-state index contributed by atoms with van der Waals surface area (Å²) >= 11 is 0. The Hall–Kier alpha value is -2.67. The fraction of sp³-hybridized carbons (Fsp3) is 0.389. The Labute approximate surface area is 146 Å². The molecule has 0 spiro atoms. The summed E-state index contributed by atoms with van der Waals surface area (Å²) in [4.78, 5) is 23.7. The molecular weight excluding hydrogens is 320 g/mol. The Morgan fingerprint density at radius 2 is 2.00 bits per heavy atom. The Bertz CT molecular complexity index is 810. The Morgan fingerprint density at radius 1 is 1.32 bits per heavy atom. The van der Waals surface area contributed by atoms with Gasteiger partial charge in [0.15, 0.2) is 5.69 Å². The third kappa shape index (κ3) is 3.41. The van der Waals surface area contributed by atoms with Gasteiger partial charge in [0.1, 0.15) is 0 Å². The molecule has 1 aromatic carbocycles. The number of benzene rings is 1. The van der Waals surface area contributed by atoms with Crippen LogP contribution in [0.25, 0.3) is 0 Å². The highest BCUT2D eigenvalue weighted by atomic mass is 16.5. The molecule has 3 rings (SSSR count). The van der Waals surface area contributed by atoms with E-state index in [1.807, 2.05) is 20.9 Å². The van der Waals surface area contributed by atoms with Crippen LogP contribution in [-0.2, 0) is 24.8 Å². The topological polar surface area (TPSA) is 99.2 Å². The number of carbonyl (C=O) groups is 2. The first-order valence-electron chi connectivity index (χ1n) is 8.25. The normalized spacial score (nSPS) is 19.3. The van der Waals surface area contributed by atoms with E-state index in [0.29, 0.717) is 24.2 Å². The van der Waals surface area contributed by atoms with Crippen molar-refractivity contribution >= 4 is 11.8 Å². The number of aryl methyl sites for hydroxylation is 1. The van der Waals surface area contributed by atoms with Crippen molar-refractivity contribution in [2.75, 3.05) is 0 Å². The van der Waals surface area contributed by atoms with E-state index in [2.05, 4.69) is 10.4 Å². The molecule has 2 atom stereocenters. The lowest BCUT2D eigenvalue weighted by Gasteiger charge is -2.26. The Morgan fingerprint density at radius 3 is 2.64 bits per heavy atom. The van der Waals surface area contributed by atoms with Crippen LogP contribution in [0.1, 0.15) is 57.6 Å². The van der Waals surface area contributed by atoms with Crippen molar-refractivity contribution in [2.45, 2.75) is 39.0 Å². The van der Waals surface area contributed by atoms with Crippen molar-refractivity contribution in [3.05, 3.63) is 52.3 Å². The van der Waals surface area contributed by atoms with Gasteiger partial charge in [0.2, 0.25) is 5.91 Å². The summed E-state index contributed by atoms with van der Waals surface area (Å²) in [6.45, 7) is 4.32. The van der Waals surface area contributed by atoms with Gasteiger partial charge in [-0.15, -0.1) is 0 Å². The predicted molar refractivity (Wildman–Crippen MR) is 92.0 cm³/mol. The second-order valence-electron chi connectivity index (χ2n) is 6.37. The third-order valence-electron chi connectivity index (χ3n) is 4.41. The van der Waals surface area contributed by atoms with Gasteiger partial charge in [-0.3, -0.25) is 14.3 Å². The van der Waals surface area contributed by atoms with Crippen molar-refractivity contribution in [3.63, 3.8) is 0 Å². The smallest absolute Gasteiger partial charge is 0.272 e. The zero-order valence-corrected chi connectivity index (χ0v) is 14.6. The van der Waals surface area contributed by atoms with Crippen molar-refractivity contribution in [2.24, 2.45) is 12.8 Å². The maximum absolute atomic E-state index is 12.6. The quantitative estimate of drug-likeness (QED) is 0.879. The minimum absolute atomic E-state index is 0.0552. The summed E-state index contributed by atoms with van der Waals surface area (Å²) in [6.07, 6.45) is 0.641. The standard InChI is InChI=1S/C18H22N4O3/c1-10-8-14-15(21-22(3)16(14)11(2)25-10)18(24)20-9-12-4-6-13(7-5-12)17(19)23/h4-7,10-11H,8-9H2,1-3H3,(H2,19,23)(H,20,24)/t10-,11+/m1/s1. The molecule has 7 nitrogen and oxygen atoms in total. The molecule has 7 heteroatoms.